The van der Waals surface area contributed by atoms with Crippen molar-refractivity contribution in [2.75, 3.05) is 0 Å². The van der Waals surface area contributed by atoms with Crippen LogP contribution in [0, 0.1) is 0 Å². The lowest BCUT2D eigenvalue weighted by Crippen LogP contribution is -2.12. The molecule has 0 aliphatic carbocycles. The second kappa shape index (κ2) is 4.48. The first kappa shape index (κ1) is 10.2. The molecule has 1 aromatic heterocycles. The first-order valence-electron chi connectivity index (χ1n) is 4.82. The maximum atomic E-state index is 8.52. The number of nitrogens with two attached hydrogens (primary N) is 1. The minimum atomic E-state index is 0.120. The maximum Gasteiger partial charge on any atom is 0.170 e. The van der Waals surface area contributed by atoms with E-state index in [1.165, 1.54) is 0 Å². The Kier molecular flexibility index (Phi) is 2.86. The van der Waals surface area contributed by atoms with Gasteiger partial charge in [0, 0.05) is 24.5 Å². The van der Waals surface area contributed by atoms with Crippen LogP contribution in [-0.4, -0.2) is 20.6 Å². The van der Waals surface area contributed by atoms with Gasteiger partial charge in [-0.05, 0) is 5.56 Å². The Bertz CT molecular complexity index is 473. The summed E-state index contributed by atoms with van der Waals surface area (Å²) >= 11 is 0. The van der Waals surface area contributed by atoms with Crippen LogP contribution < -0.4 is 5.73 Å². The lowest BCUT2D eigenvalue weighted by molar-refractivity contribution is 0.318. The monoisotopic (exact) mass is 216 g/mol. The molecule has 0 spiro atoms. The van der Waals surface area contributed by atoms with Crippen molar-refractivity contribution in [3.05, 3.63) is 54.1 Å². The van der Waals surface area contributed by atoms with Crippen LogP contribution in [0.4, 0.5) is 0 Å². The molecule has 0 unspecified atom stereocenters. The lowest BCUT2D eigenvalue weighted by Gasteiger charge is -2.03. The first-order chi connectivity index (χ1) is 7.79. The number of benzene rings is 1. The van der Waals surface area contributed by atoms with Gasteiger partial charge >= 0.3 is 0 Å². The van der Waals surface area contributed by atoms with Gasteiger partial charge in [0.2, 0.25) is 0 Å². The van der Waals surface area contributed by atoms with Gasteiger partial charge in [-0.15, -0.1) is 0 Å². The minimum Gasteiger partial charge on any atom is -0.409 e. The summed E-state index contributed by atoms with van der Waals surface area (Å²) in [7, 11) is 0. The molecule has 1 aromatic carbocycles. The van der Waals surface area contributed by atoms with Crippen LogP contribution in [0.2, 0.25) is 0 Å². The summed E-state index contributed by atoms with van der Waals surface area (Å²) in [5, 5.41) is 11.5. The Morgan fingerprint density at radius 3 is 2.69 bits per heavy atom. The standard InChI is InChI=1S/C11H12N4O/c12-11(14-16)10-3-1-9(2-4-10)7-15-6-5-13-8-15/h1-6,8,16H,7H2,(H2,12,14). The van der Waals surface area contributed by atoms with E-state index in [-0.39, 0.29) is 5.84 Å². The summed E-state index contributed by atoms with van der Waals surface area (Å²) in [6.07, 6.45) is 5.40. The highest BCUT2D eigenvalue weighted by Gasteiger charge is 1.99. The molecule has 0 saturated heterocycles. The molecule has 82 valence electrons. The Balaban J connectivity index is 2.14. The van der Waals surface area contributed by atoms with Crippen LogP contribution in [0.1, 0.15) is 11.1 Å². The van der Waals surface area contributed by atoms with Gasteiger partial charge in [0.25, 0.3) is 0 Å². The molecule has 0 aliphatic rings. The van der Waals surface area contributed by atoms with E-state index < -0.39 is 0 Å². The minimum absolute atomic E-state index is 0.120. The molecule has 0 saturated carbocycles. The van der Waals surface area contributed by atoms with Crippen molar-refractivity contribution < 1.29 is 5.21 Å². The summed E-state index contributed by atoms with van der Waals surface area (Å²) in [6, 6.07) is 7.52. The van der Waals surface area contributed by atoms with Crippen LogP contribution in [0.5, 0.6) is 0 Å². The SMILES string of the molecule is N/C(=N\O)c1ccc(Cn2ccnc2)cc1. The molecular formula is C11H12N4O. The quantitative estimate of drug-likeness (QED) is 0.348. The van der Waals surface area contributed by atoms with Gasteiger partial charge in [0.05, 0.1) is 6.33 Å². The largest absolute Gasteiger partial charge is 0.409 e. The second-order valence-electron chi connectivity index (χ2n) is 3.42. The highest BCUT2D eigenvalue weighted by atomic mass is 16.4. The molecule has 0 bridgehead atoms. The molecule has 2 rings (SSSR count). The molecule has 5 heteroatoms. The van der Waals surface area contributed by atoms with E-state index in [4.69, 9.17) is 10.9 Å². The number of hydrogen-bond donors (Lipinski definition) is 2. The van der Waals surface area contributed by atoms with Gasteiger partial charge in [0.1, 0.15) is 0 Å². The van der Waals surface area contributed by atoms with Crippen LogP contribution >= 0.6 is 0 Å². The number of oxime groups is 1. The second-order valence-corrected chi connectivity index (χ2v) is 3.42. The van der Waals surface area contributed by atoms with E-state index in [0.29, 0.717) is 5.56 Å². The smallest absolute Gasteiger partial charge is 0.170 e. The molecule has 0 fully saturated rings. The summed E-state index contributed by atoms with van der Waals surface area (Å²) in [4.78, 5) is 3.97. The number of nitrogens with zero attached hydrogens (tertiary/aromatic N) is 3. The third-order valence-corrected chi connectivity index (χ3v) is 2.28. The van der Waals surface area contributed by atoms with Crippen molar-refractivity contribution in [3.63, 3.8) is 0 Å². The fourth-order valence-corrected chi connectivity index (χ4v) is 1.43. The van der Waals surface area contributed by atoms with E-state index in [9.17, 15) is 0 Å². The Hall–Kier alpha value is -2.30. The average Bonchev–Trinajstić information content (AvgIpc) is 2.82. The molecule has 5 nitrogen and oxygen atoms in total. The molecule has 0 amide bonds. The molecule has 0 atom stereocenters. The average molecular weight is 216 g/mol. The molecule has 2 aromatic rings. The number of rotatable bonds is 3. The third-order valence-electron chi connectivity index (χ3n) is 2.28. The van der Waals surface area contributed by atoms with Crippen molar-refractivity contribution in [1.82, 2.24) is 9.55 Å². The van der Waals surface area contributed by atoms with Gasteiger partial charge < -0.3 is 15.5 Å². The highest BCUT2D eigenvalue weighted by Crippen LogP contribution is 2.06. The fraction of sp³-hybridized carbons (Fsp3) is 0.0909. The van der Waals surface area contributed by atoms with Crippen molar-refractivity contribution in [1.29, 1.82) is 0 Å². The summed E-state index contributed by atoms with van der Waals surface area (Å²) in [6.45, 7) is 0.760. The molecule has 1 heterocycles. The zero-order valence-corrected chi connectivity index (χ0v) is 8.61. The van der Waals surface area contributed by atoms with Gasteiger partial charge in [-0.3, -0.25) is 0 Å². The Morgan fingerprint density at radius 2 is 2.12 bits per heavy atom. The number of aromatic nitrogens is 2. The first-order valence-corrected chi connectivity index (χ1v) is 4.82. The zero-order valence-electron chi connectivity index (χ0n) is 8.61. The maximum absolute atomic E-state index is 8.52. The van der Waals surface area contributed by atoms with Crippen molar-refractivity contribution in [2.24, 2.45) is 10.9 Å². The van der Waals surface area contributed by atoms with Gasteiger partial charge in [-0.25, -0.2) is 4.98 Å². The molecular weight excluding hydrogens is 204 g/mol. The zero-order chi connectivity index (χ0) is 11.4. The van der Waals surface area contributed by atoms with Crippen LogP contribution in [0.25, 0.3) is 0 Å². The van der Waals surface area contributed by atoms with Crippen molar-refractivity contribution in [3.8, 4) is 0 Å². The van der Waals surface area contributed by atoms with E-state index in [1.807, 2.05) is 35.0 Å². The fourth-order valence-electron chi connectivity index (χ4n) is 1.43. The number of imidazole rings is 1. The van der Waals surface area contributed by atoms with Gasteiger partial charge in [0.15, 0.2) is 5.84 Å². The number of hydrogen-bond acceptors (Lipinski definition) is 3. The molecule has 16 heavy (non-hydrogen) atoms. The van der Waals surface area contributed by atoms with Crippen LogP contribution in [-0.2, 0) is 6.54 Å². The predicted molar refractivity (Wildman–Crippen MR) is 60.3 cm³/mol. The third kappa shape index (κ3) is 2.20. The van der Waals surface area contributed by atoms with Gasteiger partial charge in [-0.1, -0.05) is 29.4 Å². The summed E-state index contributed by atoms with van der Waals surface area (Å²) < 4.78 is 1.97. The topological polar surface area (TPSA) is 76.4 Å². The predicted octanol–water partition coefficient (Wildman–Crippen LogP) is 1.03. The molecule has 0 aliphatic heterocycles. The Morgan fingerprint density at radius 1 is 1.38 bits per heavy atom. The van der Waals surface area contributed by atoms with E-state index in [2.05, 4.69) is 10.1 Å². The highest BCUT2D eigenvalue weighted by molar-refractivity contribution is 5.96. The molecule has 3 N–H and O–H groups in total. The van der Waals surface area contributed by atoms with E-state index in [0.717, 1.165) is 12.1 Å². The van der Waals surface area contributed by atoms with Crippen molar-refractivity contribution >= 4 is 5.84 Å². The lowest BCUT2D eigenvalue weighted by atomic mass is 10.1. The van der Waals surface area contributed by atoms with E-state index in [1.54, 1.807) is 12.5 Å². The number of amidine groups is 1. The van der Waals surface area contributed by atoms with Gasteiger partial charge in [-0.2, -0.15) is 0 Å². The Labute approximate surface area is 92.8 Å². The van der Waals surface area contributed by atoms with Crippen LogP contribution in [0.15, 0.2) is 48.1 Å². The summed E-state index contributed by atoms with van der Waals surface area (Å²) in [5.41, 5.74) is 7.30. The summed E-state index contributed by atoms with van der Waals surface area (Å²) in [5.74, 6) is 0.120. The van der Waals surface area contributed by atoms with Crippen molar-refractivity contribution in [2.45, 2.75) is 6.54 Å². The normalized spacial score (nSPS) is 11.6. The van der Waals surface area contributed by atoms with E-state index >= 15 is 0 Å². The molecule has 0 radical (unpaired) electrons. The van der Waals surface area contributed by atoms with Crippen LogP contribution in [0.3, 0.4) is 0 Å².